The molecule has 1 heterocycles. The number of hydrogen-bond acceptors (Lipinski definition) is 6. The second-order valence-corrected chi connectivity index (χ2v) is 8.90. The fourth-order valence-corrected chi connectivity index (χ4v) is 4.16. The molecule has 0 aliphatic carbocycles. The molecular formula is C24H22N4O4S. The van der Waals surface area contributed by atoms with E-state index in [9.17, 15) is 13.2 Å². The Morgan fingerprint density at radius 1 is 0.939 bits per heavy atom. The molecule has 4 aromatic rings. The highest BCUT2D eigenvalue weighted by Gasteiger charge is 2.20. The van der Waals surface area contributed by atoms with E-state index in [0.29, 0.717) is 17.9 Å². The molecule has 9 heteroatoms. The Hall–Kier alpha value is -3.98. The van der Waals surface area contributed by atoms with E-state index in [1.807, 2.05) is 49.4 Å². The van der Waals surface area contributed by atoms with Crippen LogP contribution in [0.4, 0.5) is 11.6 Å². The van der Waals surface area contributed by atoms with E-state index >= 15 is 0 Å². The van der Waals surface area contributed by atoms with Gasteiger partial charge in [-0.1, -0.05) is 37.3 Å². The average Bonchev–Trinajstić information content (AvgIpc) is 2.83. The van der Waals surface area contributed by atoms with Gasteiger partial charge in [-0.25, -0.2) is 23.1 Å². The van der Waals surface area contributed by atoms with Gasteiger partial charge < -0.3 is 10.1 Å². The van der Waals surface area contributed by atoms with Crippen LogP contribution in [-0.4, -0.2) is 30.4 Å². The van der Waals surface area contributed by atoms with Crippen molar-refractivity contribution in [3.63, 3.8) is 0 Å². The van der Waals surface area contributed by atoms with Crippen LogP contribution in [0.5, 0.6) is 5.75 Å². The summed E-state index contributed by atoms with van der Waals surface area (Å²) < 4.78 is 33.2. The van der Waals surface area contributed by atoms with Crippen molar-refractivity contribution in [2.75, 3.05) is 10.0 Å². The van der Waals surface area contributed by atoms with Gasteiger partial charge in [0, 0.05) is 18.1 Å². The van der Waals surface area contributed by atoms with Crippen LogP contribution >= 0.6 is 0 Å². The van der Waals surface area contributed by atoms with Crippen molar-refractivity contribution in [2.24, 2.45) is 0 Å². The van der Waals surface area contributed by atoms with Gasteiger partial charge in [0.05, 0.1) is 4.90 Å². The Morgan fingerprint density at radius 3 is 2.33 bits per heavy atom. The number of hydrogen-bond donors (Lipinski definition) is 2. The predicted molar refractivity (Wildman–Crippen MR) is 127 cm³/mol. The van der Waals surface area contributed by atoms with Gasteiger partial charge in [0.25, 0.3) is 15.9 Å². The second-order valence-electron chi connectivity index (χ2n) is 7.22. The van der Waals surface area contributed by atoms with Crippen molar-refractivity contribution in [1.29, 1.82) is 0 Å². The van der Waals surface area contributed by atoms with E-state index in [-0.39, 0.29) is 16.8 Å². The fraction of sp³-hybridized carbons (Fsp3) is 0.125. The van der Waals surface area contributed by atoms with E-state index in [0.717, 1.165) is 10.8 Å². The molecule has 0 unspecified atom stereocenters. The third kappa shape index (κ3) is 5.45. The Morgan fingerprint density at radius 2 is 1.64 bits per heavy atom. The Balaban J connectivity index is 1.42. The van der Waals surface area contributed by atoms with Gasteiger partial charge in [-0.05, 0) is 59.7 Å². The van der Waals surface area contributed by atoms with E-state index in [2.05, 4.69) is 20.0 Å². The third-order valence-corrected chi connectivity index (χ3v) is 6.23. The minimum Gasteiger partial charge on any atom is -0.481 e. The summed E-state index contributed by atoms with van der Waals surface area (Å²) in [6, 6.07) is 21.0. The monoisotopic (exact) mass is 462 g/mol. The quantitative estimate of drug-likeness (QED) is 0.406. The Labute approximate surface area is 191 Å². The van der Waals surface area contributed by atoms with Gasteiger partial charge in [0.15, 0.2) is 6.10 Å². The first-order valence-electron chi connectivity index (χ1n) is 10.3. The number of carbonyl (C=O) groups excluding carboxylic acids is 1. The molecule has 168 valence electrons. The number of rotatable bonds is 8. The molecular weight excluding hydrogens is 440 g/mol. The number of nitrogens with one attached hydrogen (secondary N) is 2. The summed E-state index contributed by atoms with van der Waals surface area (Å²) in [6.45, 7) is 1.86. The number of carbonyl (C=O) groups is 1. The maximum atomic E-state index is 12.8. The lowest BCUT2D eigenvalue weighted by Gasteiger charge is -2.18. The average molecular weight is 463 g/mol. The highest BCUT2D eigenvalue weighted by atomic mass is 32.2. The molecule has 0 saturated carbocycles. The molecule has 1 aromatic heterocycles. The number of sulfonamides is 1. The molecule has 2 N–H and O–H groups in total. The number of nitrogens with zero attached hydrogens (tertiary/aromatic N) is 2. The van der Waals surface area contributed by atoms with Crippen molar-refractivity contribution >= 4 is 38.3 Å². The first-order valence-corrected chi connectivity index (χ1v) is 11.8. The molecule has 1 amide bonds. The van der Waals surface area contributed by atoms with Crippen LogP contribution in [0.3, 0.4) is 0 Å². The SMILES string of the molecule is CC[C@H](Oc1ccc2ccccc2c1)C(=O)Nc1ccc(S(=O)(=O)Nc2ncccn2)cc1. The summed E-state index contributed by atoms with van der Waals surface area (Å²) >= 11 is 0. The number of fused-ring (bicyclic) bond motifs is 1. The summed E-state index contributed by atoms with van der Waals surface area (Å²) in [5.41, 5.74) is 0.454. The van der Waals surface area contributed by atoms with E-state index in [1.165, 1.54) is 36.7 Å². The molecule has 0 aliphatic rings. The lowest BCUT2D eigenvalue weighted by atomic mass is 10.1. The van der Waals surface area contributed by atoms with Crippen molar-refractivity contribution in [1.82, 2.24) is 9.97 Å². The van der Waals surface area contributed by atoms with Gasteiger partial charge in [0.1, 0.15) is 5.75 Å². The Bertz CT molecular complexity index is 1360. The van der Waals surface area contributed by atoms with Crippen LogP contribution < -0.4 is 14.8 Å². The van der Waals surface area contributed by atoms with Crippen LogP contribution in [0.15, 0.2) is 90.1 Å². The molecule has 0 aliphatic heterocycles. The topological polar surface area (TPSA) is 110 Å². The van der Waals surface area contributed by atoms with Gasteiger partial charge in [0.2, 0.25) is 5.95 Å². The van der Waals surface area contributed by atoms with Crippen molar-refractivity contribution in [3.8, 4) is 5.75 Å². The van der Waals surface area contributed by atoms with Crippen LogP contribution in [0.25, 0.3) is 10.8 Å². The second kappa shape index (κ2) is 9.66. The molecule has 0 bridgehead atoms. The first-order chi connectivity index (χ1) is 15.9. The first kappa shape index (κ1) is 22.2. The molecule has 33 heavy (non-hydrogen) atoms. The molecule has 4 rings (SSSR count). The molecule has 3 aromatic carbocycles. The van der Waals surface area contributed by atoms with Crippen molar-refractivity contribution in [3.05, 3.63) is 85.2 Å². The van der Waals surface area contributed by atoms with Gasteiger partial charge in [-0.2, -0.15) is 0 Å². The lowest BCUT2D eigenvalue weighted by molar-refractivity contribution is -0.122. The van der Waals surface area contributed by atoms with Crippen LogP contribution in [0, 0.1) is 0 Å². The van der Waals surface area contributed by atoms with Crippen LogP contribution in [0.1, 0.15) is 13.3 Å². The van der Waals surface area contributed by atoms with Gasteiger partial charge >= 0.3 is 0 Å². The summed E-state index contributed by atoms with van der Waals surface area (Å²) in [7, 11) is -3.85. The van der Waals surface area contributed by atoms with Crippen LogP contribution in [-0.2, 0) is 14.8 Å². The molecule has 0 saturated heterocycles. The van der Waals surface area contributed by atoms with Gasteiger partial charge in [-0.3, -0.25) is 4.79 Å². The van der Waals surface area contributed by atoms with E-state index < -0.39 is 16.1 Å². The minimum atomic E-state index is -3.85. The zero-order valence-corrected chi connectivity index (χ0v) is 18.6. The number of benzene rings is 3. The molecule has 0 fully saturated rings. The summed E-state index contributed by atoms with van der Waals surface area (Å²) in [4.78, 5) is 20.5. The summed E-state index contributed by atoms with van der Waals surface area (Å²) in [5, 5.41) is 4.89. The number of aromatic nitrogens is 2. The van der Waals surface area contributed by atoms with Crippen molar-refractivity contribution in [2.45, 2.75) is 24.3 Å². The summed E-state index contributed by atoms with van der Waals surface area (Å²) in [5.74, 6) is 0.259. The maximum Gasteiger partial charge on any atom is 0.265 e. The third-order valence-electron chi connectivity index (χ3n) is 4.89. The molecule has 1 atom stereocenters. The molecule has 0 spiro atoms. The minimum absolute atomic E-state index is 0.0207. The zero-order valence-electron chi connectivity index (χ0n) is 17.8. The van der Waals surface area contributed by atoms with Crippen LogP contribution in [0.2, 0.25) is 0 Å². The smallest absolute Gasteiger partial charge is 0.265 e. The zero-order chi connectivity index (χ0) is 23.3. The number of amides is 1. The highest BCUT2D eigenvalue weighted by molar-refractivity contribution is 7.92. The lowest BCUT2D eigenvalue weighted by Crippen LogP contribution is -2.32. The normalized spacial score (nSPS) is 12.2. The largest absolute Gasteiger partial charge is 0.481 e. The Kier molecular flexibility index (Phi) is 6.50. The molecule has 0 radical (unpaired) electrons. The standard InChI is InChI=1S/C24H22N4O4S/c1-2-22(32-20-11-8-17-6-3-4-7-18(17)16-20)23(29)27-19-9-12-21(13-10-19)33(30,31)28-24-25-14-5-15-26-24/h3-16,22H,2H2,1H3,(H,27,29)(H,25,26,28)/t22-/m0/s1. The van der Waals surface area contributed by atoms with E-state index in [1.54, 1.807) is 6.07 Å². The van der Waals surface area contributed by atoms with Gasteiger partial charge in [-0.15, -0.1) is 0 Å². The molecule has 8 nitrogen and oxygen atoms in total. The number of anilines is 2. The fourth-order valence-electron chi connectivity index (χ4n) is 3.20. The number of ether oxygens (including phenoxy) is 1. The van der Waals surface area contributed by atoms with Crippen molar-refractivity contribution < 1.29 is 17.9 Å². The maximum absolute atomic E-state index is 12.8. The highest BCUT2D eigenvalue weighted by Crippen LogP contribution is 2.23. The van der Waals surface area contributed by atoms with E-state index in [4.69, 9.17) is 4.74 Å². The summed E-state index contributed by atoms with van der Waals surface area (Å²) in [6.07, 6.45) is 2.64. The predicted octanol–water partition coefficient (Wildman–Crippen LogP) is 4.23.